The predicted molar refractivity (Wildman–Crippen MR) is 88.5 cm³/mol. The third-order valence-electron chi connectivity index (χ3n) is 3.30. The summed E-state index contributed by atoms with van der Waals surface area (Å²) < 4.78 is 15.2. The van der Waals surface area contributed by atoms with Gasteiger partial charge in [-0.1, -0.05) is 40.2 Å². The van der Waals surface area contributed by atoms with Crippen LogP contribution >= 0.6 is 31.9 Å². The lowest BCUT2D eigenvalue weighted by Crippen LogP contribution is -2.30. The van der Waals surface area contributed by atoms with Crippen LogP contribution in [0.15, 0.2) is 51.4 Å². The van der Waals surface area contributed by atoms with Crippen molar-refractivity contribution in [3.05, 3.63) is 68.4 Å². The maximum absolute atomic E-state index is 13.5. The quantitative estimate of drug-likeness (QED) is 0.765. The molecule has 0 radical (unpaired) electrons. The lowest BCUT2D eigenvalue weighted by molar-refractivity contribution is 0.550. The number of hydrogen-bond donors (Lipinski definition) is 1. The highest BCUT2D eigenvalue weighted by Crippen LogP contribution is 2.22. The van der Waals surface area contributed by atoms with Gasteiger partial charge in [-0.25, -0.2) is 4.39 Å². The van der Waals surface area contributed by atoms with Gasteiger partial charge in [0, 0.05) is 10.5 Å². The molecule has 1 unspecified atom stereocenters. The molecule has 0 aliphatic rings. The standard InChI is InChI=1S/C16H16Br2FN/c1-20-14(9-11-5-7-13(17)8-6-11)10-12-3-2-4-15(19)16(12)18/h2-8,14,20H,9-10H2,1H3. The molecule has 0 aromatic heterocycles. The van der Waals surface area contributed by atoms with Crippen molar-refractivity contribution in [3.8, 4) is 0 Å². The van der Waals surface area contributed by atoms with Gasteiger partial charge in [-0.15, -0.1) is 0 Å². The molecule has 1 N–H and O–H groups in total. The van der Waals surface area contributed by atoms with Gasteiger partial charge < -0.3 is 5.32 Å². The van der Waals surface area contributed by atoms with Crippen LogP contribution in [0.2, 0.25) is 0 Å². The molecule has 0 spiro atoms. The second-order valence-electron chi connectivity index (χ2n) is 4.73. The second-order valence-corrected chi connectivity index (χ2v) is 6.44. The van der Waals surface area contributed by atoms with Crippen molar-refractivity contribution in [1.29, 1.82) is 0 Å². The maximum atomic E-state index is 13.5. The number of hydrogen-bond acceptors (Lipinski definition) is 1. The van der Waals surface area contributed by atoms with E-state index >= 15 is 0 Å². The highest BCUT2D eigenvalue weighted by molar-refractivity contribution is 9.10. The average molecular weight is 401 g/mol. The SMILES string of the molecule is CNC(Cc1ccc(Br)cc1)Cc1cccc(F)c1Br. The van der Waals surface area contributed by atoms with E-state index in [-0.39, 0.29) is 11.9 Å². The number of halogens is 3. The van der Waals surface area contributed by atoms with Crippen molar-refractivity contribution in [2.75, 3.05) is 7.05 Å². The van der Waals surface area contributed by atoms with Crippen molar-refractivity contribution < 1.29 is 4.39 Å². The Labute approximate surface area is 135 Å². The van der Waals surface area contributed by atoms with E-state index in [0.717, 1.165) is 22.9 Å². The summed E-state index contributed by atoms with van der Waals surface area (Å²) in [6, 6.07) is 13.7. The van der Waals surface area contributed by atoms with Gasteiger partial charge in [-0.2, -0.15) is 0 Å². The zero-order valence-corrected chi connectivity index (χ0v) is 14.3. The van der Waals surface area contributed by atoms with E-state index in [4.69, 9.17) is 0 Å². The molecule has 0 fully saturated rings. The fourth-order valence-electron chi connectivity index (χ4n) is 2.15. The van der Waals surface area contributed by atoms with Crippen LogP contribution in [0.1, 0.15) is 11.1 Å². The first-order valence-corrected chi connectivity index (χ1v) is 8.03. The molecular formula is C16H16Br2FN. The van der Waals surface area contributed by atoms with Crippen LogP contribution in [0, 0.1) is 5.82 Å². The molecule has 4 heteroatoms. The summed E-state index contributed by atoms with van der Waals surface area (Å²) in [6.45, 7) is 0. The summed E-state index contributed by atoms with van der Waals surface area (Å²) in [5.41, 5.74) is 2.25. The van der Waals surface area contributed by atoms with Crippen LogP contribution < -0.4 is 5.32 Å². The maximum Gasteiger partial charge on any atom is 0.137 e. The van der Waals surface area contributed by atoms with E-state index < -0.39 is 0 Å². The van der Waals surface area contributed by atoms with Gasteiger partial charge in [0.15, 0.2) is 0 Å². The van der Waals surface area contributed by atoms with Crippen LogP contribution in [-0.2, 0) is 12.8 Å². The summed E-state index contributed by atoms with van der Waals surface area (Å²) in [5.74, 6) is -0.207. The molecule has 0 amide bonds. The highest BCUT2D eigenvalue weighted by atomic mass is 79.9. The number of likely N-dealkylation sites (N-methyl/N-ethyl adjacent to an activating group) is 1. The molecule has 2 aromatic rings. The van der Waals surface area contributed by atoms with Gasteiger partial charge in [0.25, 0.3) is 0 Å². The van der Waals surface area contributed by atoms with E-state index in [1.54, 1.807) is 6.07 Å². The molecule has 1 atom stereocenters. The zero-order chi connectivity index (χ0) is 14.5. The number of benzene rings is 2. The predicted octanol–water partition coefficient (Wildman–Crippen LogP) is 4.72. The minimum Gasteiger partial charge on any atom is -0.316 e. The molecule has 0 saturated heterocycles. The summed E-state index contributed by atoms with van der Waals surface area (Å²) in [5, 5.41) is 3.31. The lowest BCUT2D eigenvalue weighted by atomic mass is 9.99. The molecule has 0 aliphatic heterocycles. The van der Waals surface area contributed by atoms with E-state index in [9.17, 15) is 4.39 Å². The Bertz CT molecular complexity index is 569. The molecule has 0 heterocycles. The minimum absolute atomic E-state index is 0.207. The van der Waals surface area contributed by atoms with Gasteiger partial charge >= 0.3 is 0 Å². The number of nitrogens with one attached hydrogen (secondary N) is 1. The van der Waals surface area contributed by atoms with Gasteiger partial charge in [0.2, 0.25) is 0 Å². The first-order valence-electron chi connectivity index (χ1n) is 6.44. The zero-order valence-electron chi connectivity index (χ0n) is 11.2. The average Bonchev–Trinajstić information content (AvgIpc) is 2.45. The van der Waals surface area contributed by atoms with Gasteiger partial charge in [0.1, 0.15) is 5.82 Å². The summed E-state index contributed by atoms with van der Waals surface area (Å²) >= 11 is 6.76. The van der Waals surface area contributed by atoms with E-state index in [1.807, 2.05) is 25.2 Å². The molecule has 0 aliphatic carbocycles. The Hall–Kier alpha value is -0.710. The van der Waals surface area contributed by atoms with Crippen LogP contribution in [0.5, 0.6) is 0 Å². The first kappa shape index (κ1) is 15.7. The van der Waals surface area contributed by atoms with Crippen LogP contribution in [0.3, 0.4) is 0 Å². The Morgan fingerprint density at radius 2 is 1.75 bits per heavy atom. The Morgan fingerprint density at radius 3 is 2.40 bits per heavy atom. The van der Waals surface area contributed by atoms with Crippen molar-refractivity contribution in [2.24, 2.45) is 0 Å². The second kappa shape index (κ2) is 7.34. The fraction of sp³-hybridized carbons (Fsp3) is 0.250. The largest absolute Gasteiger partial charge is 0.316 e. The van der Waals surface area contributed by atoms with Gasteiger partial charge in [-0.05, 0) is 65.1 Å². The number of rotatable bonds is 5. The molecule has 106 valence electrons. The Morgan fingerprint density at radius 1 is 1.05 bits per heavy atom. The third kappa shape index (κ3) is 4.14. The van der Waals surface area contributed by atoms with E-state index in [1.165, 1.54) is 11.6 Å². The van der Waals surface area contributed by atoms with Crippen molar-refractivity contribution >= 4 is 31.9 Å². The lowest BCUT2D eigenvalue weighted by Gasteiger charge is -2.17. The molecule has 0 saturated carbocycles. The van der Waals surface area contributed by atoms with Crippen LogP contribution in [0.4, 0.5) is 4.39 Å². The van der Waals surface area contributed by atoms with Crippen molar-refractivity contribution in [2.45, 2.75) is 18.9 Å². The topological polar surface area (TPSA) is 12.0 Å². The van der Waals surface area contributed by atoms with Crippen LogP contribution in [0.25, 0.3) is 0 Å². The molecular weight excluding hydrogens is 385 g/mol. The Kier molecular flexibility index (Phi) is 5.75. The normalized spacial score (nSPS) is 12.4. The van der Waals surface area contributed by atoms with E-state index in [2.05, 4.69) is 49.3 Å². The molecule has 0 bridgehead atoms. The fourth-order valence-corrected chi connectivity index (χ4v) is 2.84. The molecule has 20 heavy (non-hydrogen) atoms. The summed E-state index contributed by atoms with van der Waals surface area (Å²) in [4.78, 5) is 0. The Balaban J connectivity index is 2.09. The first-order chi connectivity index (χ1) is 9.60. The molecule has 2 aromatic carbocycles. The molecule has 2 rings (SSSR count). The van der Waals surface area contributed by atoms with Crippen molar-refractivity contribution in [1.82, 2.24) is 5.32 Å². The van der Waals surface area contributed by atoms with E-state index in [0.29, 0.717) is 4.47 Å². The summed E-state index contributed by atoms with van der Waals surface area (Å²) in [7, 11) is 1.94. The summed E-state index contributed by atoms with van der Waals surface area (Å²) in [6.07, 6.45) is 1.69. The van der Waals surface area contributed by atoms with Crippen molar-refractivity contribution in [3.63, 3.8) is 0 Å². The van der Waals surface area contributed by atoms with Crippen LogP contribution in [-0.4, -0.2) is 13.1 Å². The molecule has 1 nitrogen and oxygen atoms in total. The van der Waals surface area contributed by atoms with Gasteiger partial charge in [0.05, 0.1) is 4.47 Å². The third-order valence-corrected chi connectivity index (χ3v) is 4.72. The monoisotopic (exact) mass is 399 g/mol. The smallest absolute Gasteiger partial charge is 0.137 e. The van der Waals surface area contributed by atoms with Gasteiger partial charge in [-0.3, -0.25) is 0 Å². The minimum atomic E-state index is -0.207. The highest BCUT2D eigenvalue weighted by Gasteiger charge is 2.12.